The lowest BCUT2D eigenvalue weighted by Crippen LogP contribution is -2.34. The minimum atomic E-state index is -0.235. The van der Waals surface area contributed by atoms with Gasteiger partial charge < -0.3 is 14.6 Å². The monoisotopic (exact) mass is 430 g/mol. The van der Waals surface area contributed by atoms with Crippen LogP contribution in [-0.2, 0) is 10.5 Å². The fourth-order valence-corrected chi connectivity index (χ4v) is 3.92. The molecule has 7 heteroatoms. The van der Waals surface area contributed by atoms with Crippen molar-refractivity contribution in [1.29, 1.82) is 0 Å². The van der Waals surface area contributed by atoms with Gasteiger partial charge in [0.1, 0.15) is 5.65 Å². The molecule has 4 rings (SSSR count). The number of carbonyl (C=O) groups is 2. The van der Waals surface area contributed by atoms with Crippen molar-refractivity contribution in [3.63, 3.8) is 0 Å². The average molecular weight is 431 g/mol. The van der Waals surface area contributed by atoms with E-state index in [-0.39, 0.29) is 18.4 Å². The number of hydrogen-bond acceptors (Lipinski definition) is 4. The van der Waals surface area contributed by atoms with Gasteiger partial charge in [0.15, 0.2) is 0 Å². The molecule has 4 aromatic rings. The Balaban J connectivity index is 1.31. The molecule has 0 saturated heterocycles. The lowest BCUT2D eigenvalue weighted by atomic mass is 10.2. The van der Waals surface area contributed by atoms with Crippen LogP contribution in [0.15, 0.2) is 90.1 Å². The molecule has 0 aliphatic rings. The van der Waals surface area contributed by atoms with Crippen LogP contribution in [0.2, 0.25) is 0 Å². The van der Waals surface area contributed by atoms with Gasteiger partial charge in [0, 0.05) is 41.3 Å². The Morgan fingerprint density at radius 3 is 2.48 bits per heavy atom. The molecule has 0 fully saturated rings. The summed E-state index contributed by atoms with van der Waals surface area (Å²) in [5.74, 6) is 0.316. The molecule has 31 heavy (non-hydrogen) atoms. The Kier molecular flexibility index (Phi) is 6.33. The van der Waals surface area contributed by atoms with E-state index in [0.29, 0.717) is 11.3 Å². The number of thioether (sulfide) groups is 1. The number of nitrogens with one attached hydrogen (secondary N) is 1. The van der Waals surface area contributed by atoms with Crippen LogP contribution >= 0.6 is 11.8 Å². The maximum absolute atomic E-state index is 12.6. The van der Waals surface area contributed by atoms with Gasteiger partial charge in [0.2, 0.25) is 5.91 Å². The Labute approximate surface area is 184 Å². The van der Waals surface area contributed by atoms with E-state index in [1.54, 1.807) is 30.9 Å². The van der Waals surface area contributed by atoms with Crippen molar-refractivity contribution < 1.29 is 9.59 Å². The van der Waals surface area contributed by atoms with Crippen molar-refractivity contribution in [3.05, 3.63) is 96.4 Å². The standard InChI is InChI=1S/C24H22N4O2S/c1-27(16-23(29)26-19-7-3-2-4-8-19)24(30)18-10-12-21(13-11-18)31-17-20-15-28-14-6-5-9-22(28)25-20/h2-15H,16-17H2,1H3,(H,26,29). The molecule has 0 aliphatic heterocycles. The summed E-state index contributed by atoms with van der Waals surface area (Å²) in [6, 6.07) is 22.5. The third kappa shape index (κ3) is 5.32. The maximum Gasteiger partial charge on any atom is 0.254 e. The van der Waals surface area contributed by atoms with Crippen LogP contribution in [0, 0.1) is 0 Å². The Morgan fingerprint density at radius 1 is 1.00 bits per heavy atom. The van der Waals surface area contributed by atoms with Crippen LogP contribution < -0.4 is 5.32 Å². The highest BCUT2D eigenvalue weighted by atomic mass is 32.2. The number of amides is 2. The molecule has 0 unspecified atom stereocenters. The fourth-order valence-electron chi connectivity index (χ4n) is 3.14. The third-order valence-corrected chi connectivity index (χ3v) is 5.73. The predicted molar refractivity (Wildman–Crippen MR) is 123 cm³/mol. The first-order chi connectivity index (χ1) is 15.1. The molecule has 0 radical (unpaired) electrons. The smallest absolute Gasteiger partial charge is 0.254 e. The van der Waals surface area contributed by atoms with Gasteiger partial charge in [0.25, 0.3) is 5.91 Å². The number of anilines is 1. The lowest BCUT2D eigenvalue weighted by molar-refractivity contribution is -0.116. The van der Waals surface area contributed by atoms with Crippen molar-refractivity contribution in [3.8, 4) is 0 Å². The summed E-state index contributed by atoms with van der Waals surface area (Å²) < 4.78 is 2.00. The average Bonchev–Trinajstić information content (AvgIpc) is 3.21. The Bertz CT molecular complexity index is 1160. The number of benzene rings is 2. The van der Waals surface area contributed by atoms with E-state index in [2.05, 4.69) is 10.3 Å². The van der Waals surface area contributed by atoms with E-state index in [1.807, 2.05) is 77.5 Å². The molecule has 0 atom stereocenters. The summed E-state index contributed by atoms with van der Waals surface area (Å²) >= 11 is 1.66. The number of carbonyl (C=O) groups excluding carboxylic acids is 2. The van der Waals surface area contributed by atoms with Crippen molar-refractivity contribution >= 4 is 34.9 Å². The number of imidazole rings is 1. The van der Waals surface area contributed by atoms with E-state index in [4.69, 9.17) is 0 Å². The van der Waals surface area contributed by atoms with Crippen LogP contribution in [0.4, 0.5) is 5.69 Å². The molecule has 2 heterocycles. The zero-order valence-electron chi connectivity index (χ0n) is 17.1. The first-order valence-corrected chi connectivity index (χ1v) is 10.8. The number of aromatic nitrogens is 2. The molecule has 0 bridgehead atoms. The van der Waals surface area contributed by atoms with Gasteiger partial charge in [-0.05, 0) is 48.5 Å². The van der Waals surface area contributed by atoms with Crippen molar-refractivity contribution in [2.45, 2.75) is 10.6 Å². The van der Waals surface area contributed by atoms with Gasteiger partial charge in [-0.3, -0.25) is 9.59 Å². The fraction of sp³-hybridized carbons (Fsp3) is 0.125. The molecule has 2 aromatic carbocycles. The maximum atomic E-state index is 12.6. The number of para-hydroxylation sites is 1. The van der Waals surface area contributed by atoms with Gasteiger partial charge in [0.05, 0.1) is 12.2 Å². The normalized spacial score (nSPS) is 10.7. The topological polar surface area (TPSA) is 66.7 Å². The SMILES string of the molecule is CN(CC(=O)Nc1ccccc1)C(=O)c1ccc(SCc2cn3ccccc3n2)cc1. The molecule has 0 aliphatic carbocycles. The van der Waals surface area contributed by atoms with Crippen LogP contribution in [0.25, 0.3) is 5.65 Å². The van der Waals surface area contributed by atoms with E-state index in [1.165, 1.54) is 4.90 Å². The highest BCUT2D eigenvalue weighted by molar-refractivity contribution is 7.98. The molecular weight excluding hydrogens is 408 g/mol. The highest BCUT2D eigenvalue weighted by Crippen LogP contribution is 2.23. The molecule has 1 N–H and O–H groups in total. The summed E-state index contributed by atoms with van der Waals surface area (Å²) in [5.41, 5.74) is 3.19. The Morgan fingerprint density at radius 2 is 1.74 bits per heavy atom. The lowest BCUT2D eigenvalue weighted by Gasteiger charge is -2.17. The number of fused-ring (bicyclic) bond motifs is 1. The van der Waals surface area contributed by atoms with E-state index in [9.17, 15) is 9.59 Å². The molecular formula is C24H22N4O2S. The zero-order valence-corrected chi connectivity index (χ0v) is 17.9. The van der Waals surface area contributed by atoms with Crippen LogP contribution in [0.3, 0.4) is 0 Å². The second kappa shape index (κ2) is 9.49. The third-order valence-electron chi connectivity index (χ3n) is 4.69. The number of hydrogen-bond donors (Lipinski definition) is 1. The summed E-state index contributed by atoms with van der Waals surface area (Å²) in [6.45, 7) is -0.0158. The summed E-state index contributed by atoms with van der Waals surface area (Å²) in [7, 11) is 1.62. The van der Waals surface area contributed by atoms with Crippen molar-refractivity contribution in [2.75, 3.05) is 18.9 Å². The first kappa shape index (κ1) is 20.7. The van der Waals surface area contributed by atoms with Crippen molar-refractivity contribution in [2.24, 2.45) is 0 Å². The van der Waals surface area contributed by atoms with Crippen LogP contribution in [-0.4, -0.2) is 39.7 Å². The molecule has 2 aromatic heterocycles. The predicted octanol–water partition coefficient (Wildman–Crippen LogP) is 4.34. The van der Waals surface area contributed by atoms with Gasteiger partial charge in [-0.1, -0.05) is 24.3 Å². The number of rotatable bonds is 7. The number of pyridine rings is 1. The molecule has 0 saturated carbocycles. The number of likely N-dealkylation sites (N-methyl/N-ethyl adjacent to an activating group) is 1. The molecule has 156 valence electrons. The summed E-state index contributed by atoms with van der Waals surface area (Å²) in [4.78, 5) is 31.9. The second-order valence-corrected chi connectivity index (χ2v) is 8.14. The van der Waals surface area contributed by atoms with E-state index >= 15 is 0 Å². The molecule has 0 spiro atoms. The zero-order chi connectivity index (χ0) is 21.6. The summed E-state index contributed by atoms with van der Waals surface area (Å²) in [5, 5.41) is 2.79. The largest absolute Gasteiger partial charge is 0.332 e. The summed E-state index contributed by atoms with van der Waals surface area (Å²) in [6.07, 6.45) is 4.00. The molecule has 2 amide bonds. The van der Waals surface area contributed by atoms with Gasteiger partial charge in [-0.25, -0.2) is 4.98 Å². The van der Waals surface area contributed by atoms with E-state index in [0.717, 1.165) is 22.0 Å². The minimum Gasteiger partial charge on any atom is -0.332 e. The number of nitrogens with zero attached hydrogens (tertiary/aromatic N) is 3. The highest BCUT2D eigenvalue weighted by Gasteiger charge is 2.15. The second-order valence-electron chi connectivity index (χ2n) is 7.09. The Hall–Kier alpha value is -3.58. The van der Waals surface area contributed by atoms with Crippen LogP contribution in [0.1, 0.15) is 16.1 Å². The van der Waals surface area contributed by atoms with E-state index < -0.39 is 0 Å². The minimum absolute atomic E-state index is 0.0158. The van der Waals surface area contributed by atoms with Crippen LogP contribution in [0.5, 0.6) is 0 Å². The van der Waals surface area contributed by atoms with Gasteiger partial charge in [-0.15, -0.1) is 11.8 Å². The van der Waals surface area contributed by atoms with Gasteiger partial charge in [-0.2, -0.15) is 0 Å². The quantitative estimate of drug-likeness (QED) is 0.443. The first-order valence-electron chi connectivity index (χ1n) is 9.84. The van der Waals surface area contributed by atoms with Gasteiger partial charge >= 0.3 is 0 Å². The molecule has 6 nitrogen and oxygen atoms in total. The van der Waals surface area contributed by atoms with Crippen molar-refractivity contribution in [1.82, 2.24) is 14.3 Å².